The Kier molecular flexibility index (Phi) is 5.78. The zero-order valence-corrected chi connectivity index (χ0v) is 17.7. The van der Waals surface area contributed by atoms with Gasteiger partial charge in [-0.1, -0.05) is 6.92 Å². The van der Waals surface area contributed by atoms with E-state index in [0.717, 1.165) is 17.9 Å². The van der Waals surface area contributed by atoms with Crippen molar-refractivity contribution in [1.29, 1.82) is 0 Å². The quantitative estimate of drug-likeness (QED) is 0.681. The monoisotopic (exact) mass is 408 g/mol. The number of piperidine rings is 1. The topological polar surface area (TPSA) is 108 Å². The second-order valence-corrected chi connectivity index (χ2v) is 9.55. The Morgan fingerprint density at radius 1 is 1.10 bits per heavy atom. The van der Waals surface area contributed by atoms with E-state index in [2.05, 4.69) is 17.7 Å². The minimum atomic E-state index is -0.878. The molecule has 0 radical (unpaired) electrons. The van der Waals surface area contributed by atoms with Gasteiger partial charge in [-0.05, 0) is 65.2 Å². The molecule has 0 aromatic heterocycles. The zero-order chi connectivity index (χ0) is 21.4. The van der Waals surface area contributed by atoms with Crippen LogP contribution in [0.3, 0.4) is 0 Å². The van der Waals surface area contributed by atoms with Crippen molar-refractivity contribution < 1.29 is 23.9 Å². The highest BCUT2D eigenvalue weighted by molar-refractivity contribution is 6.08. The Balaban J connectivity index is 1.53. The molecule has 1 saturated carbocycles. The van der Waals surface area contributed by atoms with Crippen molar-refractivity contribution in [2.24, 2.45) is 11.8 Å². The first-order valence-corrected chi connectivity index (χ1v) is 10.5. The van der Waals surface area contributed by atoms with Crippen molar-refractivity contribution in [3.63, 3.8) is 0 Å². The predicted octanol–water partition coefficient (Wildman–Crippen LogP) is 2.17. The summed E-state index contributed by atoms with van der Waals surface area (Å²) in [6.45, 7) is 8.36. The van der Waals surface area contributed by atoms with Gasteiger partial charge in [0, 0.05) is 19.0 Å². The minimum Gasteiger partial charge on any atom is -0.444 e. The molecule has 1 spiro atoms. The maximum absolute atomic E-state index is 12.9. The van der Waals surface area contributed by atoms with Gasteiger partial charge in [-0.15, -0.1) is 0 Å². The highest BCUT2D eigenvalue weighted by Gasteiger charge is 2.53. The summed E-state index contributed by atoms with van der Waals surface area (Å²) in [5.74, 6) is -0.561. The fourth-order valence-corrected chi connectivity index (χ4v) is 4.17. The van der Waals surface area contributed by atoms with Gasteiger partial charge in [-0.2, -0.15) is 5.01 Å². The lowest BCUT2D eigenvalue weighted by molar-refractivity contribution is -0.142. The number of hydrazine groups is 1. The van der Waals surface area contributed by atoms with Crippen LogP contribution in [0.5, 0.6) is 0 Å². The molecule has 2 N–H and O–H groups in total. The van der Waals surface area contributed by atoms with Crippen LogP contribution in [0, 0.1) is 11.8 Å². The summed E-state index contributed by atoms with van der Waals surface area (Å²) in [5, 5.41) is 3.64. The summed E-state index contributed by atoms with van der Waals surface area (Å²) < 4.78 is 5.36. The molecule has 5 amide bonds. The van der Waals surface area contributed by atoms with Crippen LogP contribution in [-0.4, -0.2) is 58.1 Å². The van der Waals surface area contributed by atoms with Crippen LogP contribution < -0.4 is 10.7 Å². The second-order valence-electron chi connectivity index (χ2n) is 9.55. The third-order valence-corrected chi connectivity index (χ3v) is 6.03. The van der Waals surface area contributed by atoms with Gasteiger partial charge in [0.15, 0.2) is 0 Å². The highest BCUT2D eigenvalue weighted by atomic mass is 16.6. The molecule has 29 heavy (non-hydrogen) atoms. The standard InChI is InChI=1S/C20H32N4O5/c1-13-5-9-20(10-6-13)16(26)24(17(27)21-20)22-15(25)14-7-11-23(12-8-14)18(28)29-19(2,3)4/h13-14H,5-12H2,1-4H3,(H,21,27)(H,22,25). The van der Waals surface area contributed by atoms with Crippen LogP contribution >= 0.6 is 0 Å². The molecule has 1 aliphatic carbocycles. The van der Waals surface area contributed by atoms with E-state index in [0.29, 0.717) is 44.7 Å². The van der Waals surface area contributed by atoms with Crippen LogP contribution in [0.25, 0.3) is 0 Å². The molecule has 0 atom stereocenters. The number of nitrogens with zero attached hydrogens (tertiary/aromatic N) is 2. The lowest BCUT2D eigenvalue weighted by atomic mass is 9.77. The van der Waals surface area contributed by atoms with Gasteiger partial charge in [-0.3, -0.25) is 15.0 Å². The number of amides is 5. The van der Waals surface area contributed by atoms with E-state index in [1.807, 2.05) is 20.8 Å². The SMILES string of the molecule is CC1CCC2(CC1)NC(=O)N(NC(=O)C1CCN(C(=O)OC(C)(C)C)CC1)C2=O. The lowest BCUT2D eigenvalue weighted by Gasteiger charge is -2.34. The van der Waals surface area contributed by atoms with Crippen molar-refractivity contribution in [3.05, 3.63) is 0 Å². The summed E-state index contributed by atoms with van der Waals surface area (Å²) in [4.78, 5) is 51.6. The first kappa shape index (κ1) is 21.4. The van der Waals surface area contributed by atoms with Crippen LogP contribution in [0.4, 0.5) is 9.59 Å². The highest BCUT2D eigenvalue weighted by Crippen LogP contribution is 2.36. The molecule has 2 heterocycles. The number of hydrogen-bond acceptors (Lipinski definition) is 5. The molecule has 0 aromatic carbocycles. The van der Waals surface area contributed by atoms with E-state index < -0.39 is 17.2 Å². The molecule has 162 valence electrons. The summed E-state index contributed by atoms with van der Waals surface area (Å²) in [6, 6.07) is -0.566. The number of carbonyl (C=O) groups is 4. The third-order valence-electron chi connectivity index (χ3n) is 6.03. The molecule has 0 bridgehead atoms. The Bertz CT molecular complexity index is 685. The molecule has 2 aliphatic heterocycles. The van der Waals surface area contributed by atoms with Gasteiger partial charge in [0.2, 0.25) is 5.91 Å². The number of hydrogen-bond donors (Lipinski definition) is 2. The molecule has 2 saturated heterocycles. The third kappa shape index (κ3) is 4.64. The van der Waals surface area contributed by atoms with Crippen molar-refractivity contribution in [2.75, 3.05) is 13.1 Å². The van der Waals surface area contributed by atoms with E-state index >= 15 is 0 Å². The molecule has 9 heteroatoms. The number of rotatable bonds is 2. The average Bonchev–Trinajstić information content (AvgIpc) is 2.87. The molecule has 3 aliphatic rings. The van der Waals surface area contributed by atoms with E-state index in [1.165, 1.54) is 0 Å². The Hall–Kier alpha value is -2.32. The van der Waals surface area contributed by atoms with E-state index in [9.17, 15) is 19.2 Å². The summed E-state index contributed by atoms with van der Waals surface area (Å²) in [7, 11) is 0. The van der Waals surface area contributed by atoms with Crippen molar-refractivity contribution in [3.8, 4) is 0 Å². The van der Waals surface area contributed by atoms with Gasteiger partial charge in [0.05, 0.1) is 0 Å². The molecule has 0 unspecified atom stereocenters. The van der Waals surface area contributed by atoms with E-state index in [4.69, 9.17) is 4.74 Å². The van der Waals surface area contributed by atoms with Gasteiger partial charge in [0.1, 0.15) is 11.1 Å². The van der Waals surface area contributed by atoms with Gasteiger partial charge < -0.3 is 15.0 Å². The Morgan fingerprint density at radius 3 is 2.24 bits per heavy atom. The normalized spacial score (nSPS) is 28.5. The molecule has 3 fully saturated rings. The maximum atomic E-state index is 12.9. The average molecular weight is 408 g/mol. The van der Waals surface area contributed by atoms with Crippen LogP contribution in [0.1, 0.15) is 66.2 Å². The summed E-state index contributed by atoms with van der Waals surface area (Å²) in [6.07, 6.45) is 3.46. The first-order valence-electron chi connectivity index (χ1n) is 10.5. The molecule has 3 rings (SSSR count). The number of likely N-dealkylation sites (tertiary alicyclic amines) is 1. The number of nitrogens with one attached hydrogen (secondary N) is 2. The molecule has 9 nitrogen and oxygen atoms in total. The van der Waals surface area contributed by atoms with Crippen molar-refractivity contribution in [2.45, 2.75) is 77.4 Å². The number of carbonyl (C=O) groups excluding carboxylic acids is 4. The number of urea groups is 1. The Morgan fingerprint density at radius 2 is 1.69 bits per heavy atom. The van der Waals surface area contributed by atoms with Gasteiger partial charge in [0.25, 0.3) is 5.91 Å². The van der Waals surface area contributed by atoms with E-state index in [-0.39, 0.29) is 23.8 Å². The zero-order valence-electron chi connectivity index (χ0n) is 17.7. The fourth-order valence-electron chi connectivity index (χ4n) is 4.17. The number of ether oxygens (including phenoxy) is 1. The van der Waals surface area contributed by atoms with Gasteiger partial charge in [-0.25, -0.2) is 9.59 Å². The summed E-state index contributed by atoms with van der Waals surface area (Å²) in [5.41, 5.74) is 1.07. The summed E-state index contributed by atoms with van der Waals surface area (Å²) >= 11 is 0. The van der Waals surface area contributed by atoms with E-state index in [1.54, 1.807) is 4.90 Å². The smallest absolute Gasteiger partial charge is 0.410 e. The molecular formula is C20H32N4O5. The fraction of sp³-hybridized carbons (Fsp3) is 0.800. The number of imide groups is 1. The van der Waals surface area contributed by atoms with Gasteiger partial charge >= 0.3 is 12.1 Å². The van der Waals surface area contributed by atoms with Crippen LogP contribution in [0.15, 0.2) is 0 Å². The first-order chi connectivity index (χ1) is 13.5. The maximum Gasteiger partial charge on any atom is 0.410 e. The predicted molar refractivity (Wildman–Crippen MR) is 104 cm³/mol. The van der Waals surface area contributed by atoms with Crippen LogP contribution in [0.2, 0.25) is 0 Å². The Labute approximate surface area is 171 Å². The second kappa shape index (κ2) is 7.84. The molecule has 0 aromatic rings. The van der Waals surface area contributed by atoms with Crippen molar-refractivity contribution in [1.82, 2.24) is 20.7 Å². The lowest BCUT2D eigenvalue weighted by Crippen LogP contribution is -2.53. The largest absolute Gasteiger partial charge is 0.444 e. The minimum absolute atomic E-state index is 0.362. The van der Waals surface area contributed by atoms with Crippen LogP contribution in [-0.2, 0) is 14.3 Å². The van der Waals surface area contributed by atoms with Crippen molar-refractivity contribution >= 4 is 23.9 Å². The molecular weight excluding hydrogens is 376 g/mol.